The molecule has 7 nitrogen and oxygen atoms in total. The summed E-state index contributed by atoms with van der Waals surface area (Å²) in [4.78, 5) is 15.8. The first kappa shape index (κ1) is 14.7. The van der Waals surface area contributed by atoms with Gasteiger partial charge in [-0.15, -0.1) is 0 Å². The molecule has 110 valence electrons. The minimum atomic E-state index is -0.311. The van der Waals surface area contributed by atoms with Gasteiger partial charge in [0.2, 0.25) is 5.88 Å². The fourth-order valence-corrected chi connectivity index (χ4v) is 1.53. The topological polar surface area (TPSA) is 89.0 Å². The molecular formula is C14H17N5O2. The maximum Gasteiger partial charge on any atom is 0.319 e. The van der Waals surface area contributed by atoms with E-state index in [-0.39, 0.29) is 6.03 Å². The van der Waals surface area contributed by atoms with E-state index in [4.69, 9.17) is 4.74 Å². The molecule has 0 unspecified atom stereocenters. The zero-order valence-electron chi connectivity index (χ0n) is 11.7. The normalized spacial score (nSPS) is 9.95. The van der Waals surface area contributed by atoms with Crippen LogP contribution in [-0.4, -0.2) is 27.8 Å². The van der Waals surface area contributed by atoms with E-state index in [1.165, 1.54) is 12.4 Å². The molecule has 0 aliphatic heterocycles. The molecular weight excluding hydrogens is 270 g/mol. The lowest BCUT2D eigenvalue weighted by Gasteiger charge is -2.08. The first-order chi connectivity index (χ1) is 10.3. The van der Waals surface area contributed by atoms with E-state index < -0.39 is 0 Å². The number of ether oxygens (including phenoxy) is 1. The van der Waals surface area contributed by atoms with Gasteiger partial charge < -0.3 is 15.4 Å². The predicted molar refractivity (Wildman–Crippen MR) is 77.9 cm³/mol. The van der Waals surface area contributed by atoms with E-state index in [2.05, 4.69) is 25.8 Å². The van der Waals surface area contributed by atoms with Crippen LogP contribution in [0.3, 0.4) is 0 Å². The van der Waals surface area contributed by atoms with E-state index in [9.17, 15) is 4.79 Å². The van der Waals surface area contributed by atoms with Gasteiger partial charge in [-0.2, -0.15) is 10.2 Å². The van der Waals surface area contributed by atoms with Gasteiger partial charge in [-0.25, -0.2) is 9.78 Å². The van der Waals surface area contributed by atoms with Crippen molar-refractivity contribution in [2.45, 2.75) is 19.9 Å². The van der Waals surface area contributed by atoms with Gasteiger partial charge in [0.25, 0.3) is 0 Å². The maximum absolute atomic E-state index is 11.7. The number of nitrogens with zero attached hydrogens (tertiary/aromatic N) is 3. The molecule has 0 aliphatic rings. The van der Waals surface area contributed by atoms with E-state index in [1.807, 2.05) is 13.0 Å². The van der Waals surface area contributed by atoms with Crippen molar-refractivity contribution in [1.29, 1.82) is 0 Å². The van der Waals surface area contributed by atoms with Crippen molar-refractivity contribution < 1.29 is 9.53 Å². The van der Waals surface area contributed by atoms with Crippen LogP contribution in [0.15, 0.2) is 36.8 Å². The summed E-state index contributed by atoms with van der Waals surface area (Å²) in [5.41, 5.74) is 1.48. The number of anilines is 1. The molecule has 0 radical (unpaired) electrons. The number of hydrogen-bond donors (Lipinski definition) is 2. The van der Waals surface area contributed by atoms with E-state index in [1.54, 1.807) is 18.3 Å². The number of urea groups is 1. The molecule has 2 aromatic heterocycles. The zero-order chi connectivity index (χ0) is 14.9. The molecule has 0 atom stereocenters. The van der Waals surface area contributed by atoms with Gasteiger partial charge in [0, 0.05) is 18.8 Å². The van der Waals surface area contributed by atoms with Crippen LogP contribution in [0.2, 0.25) is 0 Å². The number of aromatic nitrogens is 3. The third-order valence-electron chi connectivity index (χ3n) is 2.55. The van der Waals surface area contributed by atoms with Crippen LogP contribution in [0, 0.1) is 0 Å². The van der Waals surface area contributed by atoms with Gasteiger partial charge in [-0.1, -0.05) is 13.0 Å². The monoisotopic (exact) mass is 287 g/mol. The number of carbonyl (C=O) groups is 1. The summed E-state index contributed by atoms with van der Waals surface area (Å²) < 4.78 is 5.39. The number of amides is 2. The quantitative estimate of drug-likeness (QED) is 0.848. The number of rotatable bonds is 6. The van der Waals surface area contributed by atoms with Crippen LogP contribution in [-0.2, 0) is 6.54 Å². The van der Waals surface area contributed by atoms with Crippen LogP contribution < -0.4 is 15.4 Å². The Morgan fingerprint density at radius 3 is 2.81 bits per heavy atom. The molecule has 0 fully saturated rings. The third kappa shape index (κ3) is 5.06. The first-order valence-corrected chi connectivity index (χ1v) is 6.67. The zero-order valence-corrected chi connectivity index (χ0v) is 11.7. The van der Waals surface area contributed by atoms with Crippen molar-refractivity contribution in [2.75, 3.05) is 11.9 Å². The largest absolute Gasteiger partial charge is 0.478 e. The molecule has 2 rings (SSSR count). The lowest BCUT2D eigenvalue weighted by atomic mass is 10.3. The fraction of sp³-hybridized carbons (Fsp3) is 0.286. The minimum Gasteiger partial charge on any atom is -0.478 e. The highest BCUT2D eigenvalue weighted by atomic mass is 16.5. The van der Waals surface area contributed by atoms with E-state index in [0.29, 0.717) is 24.7 Å². The summed E-state index contributed by atoms with van der Waals surface area (Å²) in [5.74, 6) is 0.591. The second kappa shape index (κ2) is 7.78. The Bertz CT molecular complexity index is 559. The standard InChI is InChI=1S/C14H17N5O2/c1-2-7-21-13-4-3-11(8-15-13)9-16-14(20)19-12-5-6-17-18-10-12/h3-6,8,10H,2,7,9H2,1H3,(H2,16,17,19,20). The Balaban J connectivity index is 1.78. The van der Waals surface area contributed by atoms with E-state index in [0.717, 1.165) is 12.0 Å². The fourth-order valence-electron chi connectivity index (χ4n) is 1.53. The van der Waals surface area contributed by atoms with Crippen LogP contribution in [0.5, 0.6) is 5.88 Å². The van der Waals surface area contributed by atoms with Crippen molar-refractivity contribution >= 4 is 11.7 Å². The van der Waals surface area contributed by atoms with Gasteiger partial charge in [0.1, 0.15) is 0 Å². The van der Waals surface area contributed by atoms with Crippen LogP contribution in [0.4, 0.5) is 10.5 Å². The highest BCUT2D eigenvalue weighted by molar-refractivity contribution is 5.88. The molecule has 2 N–H and O–H groups in total. The van der Waals surface area contributed by atoms with Crippen molar-refractivity contribution in [3.05, 3.63) is 42.4 Å². The molecule has 2 amide bonds. The molecule has 0 aliphatic carbocycles. The maximum atomic E-state index is 11.7. The highest BCUT2D eigenvalue weighted by Crippen LogP contribution is 2.08. The molecule has 0 bridgehead atoms. The predicted octanol–water partition coefficient (Wildman–Crippen LogP) is 1.98. The number of pyridine rings is 1. The number of nitrogens with one attached hydrogen (secondary N) is 2. The molecule has 2 aromatic rings. The van der Waals surface area contributed by atoms with Crippen LogP contribution in [0.25, 0.3) is 0 Å². The smallest absolute Gasteiger partial charge is 0.319 e. The molecule has 0 aromatic carbocycles. The number of hydrogen-bond acceptors (Lipinski definition) is 5. The minimum absolute atomic E-state index is 0.311. The second-order valence-corrected chi connectivity index (χ2v) is 4.29. The Kier molecular flexibility index (Phi) is 5.45. The molecule has 0 saturated carbocycles. The van der Waals surface area contributed by atoms with Gasteiger partial charge in [0.05, 0.1) is 24.7 Å². The molecule has 0 spiro atoms. The molecule has 0 saturated heterocycles. The molecule has 7 heteroatoms. The summed E-state index contributed by atoms with van der Waals surface area (Å²) in [5, 5.41) is 12.7. The van der Waals surface area contributed by atoms with Crippen molar-refractivity contribution in [3.8, 4) is 5.88 Å². The first-order valence-electron chi connectivity index (χ1n) is 6.67. The highest BCUT2D eigenvalue weighted by Gasteiger charge is 2.02. The number of carbonyl (C=O) groups excluding carboxylic acids is 1. The van der Waals surface area contributed by atoms with Crippen LogP contribution >= 0.6 is 0 Å². The Labute approximate surface area is 122 Å². The van der Waals surface area contributed by atoms with E-state index >= 15 is 0 Å². The van der Waals surface area contributed by atoms with Gasteiger partial charge in [-0.05, 0) is 18.1 Å². The van der Waals surface area contributed by atoms with Crippen molar-refractivity contribution in [3.63, 3.8) is 0 Å². The lowest BCUT2D eigenvalue weighted by Crippen LogP contribution is -2.28. The molecule has 21 heavy (non-hydrogen) atoms. The summed E-state index contributed by atoms with van der Waals surface area (Å²) in [6, 6.07) is 5.01. The summed E-state index contributed by atoms with van der Waals surface area (Å²) >= 11 is 0. The summed E-state index contributed by atoms with van der Waals surface area (Å²) in [6.45, 7) is 3.06. The Morgan fingerprint density at radius 2 is 2.14 bits per heavy atom. The van der Waals surface area contributed by atoms with Gasteiger partial charge in [0.15, 0.2) is 0 Å². The SMILES string of the molecule is CCCOc1ccc(CNC(=O)Nc2ccnnc2)cn1. The van der Waals surface area contributed by atoms with Crippen molar-refractivity contribution in [2.24, 2.45) is 0 Å². The van der Waals surface area contributed by atoms with Crippen LogP contribution in [0.1, 0.15) is 18.9 Å². The average Bonchev–Trinajstić information content (AvgIpc) is 2.53. The Hall–Kier alpha value is -2.70. The third-order valence-corrected chi connectivity index (χ3v) is 2.55. The average molecular weight is 287 g/mol. The molecule has 2 heterocycles. The summed E-state index contributed by atoms with van der Waals surface area (Å²) in [6.07, 6.45) is 5.60. The Morgan fingerprint density at radius 1 is 1.24 bits per heavy atom. The van der Waals surface area contributed by atoms with Gasteiger partial charge in [-0.3, -0.25) is 0 Å². The van der Waals surface area contributed by atoms with Gasteiger partial charge >= 0.3 is 6.03 Å². The lowest BCUT2D eigenvalue weighted by molar-refractivity contribution is 0.251. The summed E-state index contributed by atoms with van der Waals surface area (Å²) in [7, 11) is 0. The van der Waals surface area contributed by atoms with Crippen molar-refractivity contribution in [1.82, 2.24) is 20.5 Å². The second-order valence-electron chi connectivity index (χ2n) is 4.29.